The van der Waals surface area contributed by atoms with Crippen LogP contribution >= 0.6 is 24.0 Å². The van der Waals surface area contributed by atoms with Gasteiger partial charge >= 0.3 is 0 Å². The molecule has 0 spiro atoms. The Morgan fingerprint density at radius 1 is 1.05 bits per heavy atom. The van der Waals surface area contributed by atoms with Crippen LogP contribution in [0.4, 0.5) is 11.4 Å². The van der Waals surface area contributed by atoms with Gasteiger partial charge in [-0.3, -0.25) is 0 Å². The fourth-order valence-corrected chi connectivity index (χ4v) is 3.75. The van der Waals surface area contributed by atoms with Gasteiger partial charge in [-0.05, 0) is 42.9 Å². The summed E-state index contributed by atoms with van der Waals surface area (Å²) in [5.41, 5.74) is 2.59. The predicted molar refractivity (Wildman–Crippen MR) is 98.3 cm³/mol. The third-order valence-corrected chi connectivity index (χ3v) is 5.08. The number of nitrogens with one attached hydrogen (secondary N) is 2. The van der Waals surface area contributed by atoms with E-state index in [1.54, 1.807) is 0 Å². The van der Waals surface area contributed by atoms with Gasteiger partial charge in [0.25, 0.3) is 0 Å². The van der Waals surface area contributed by atoms with Crippen LogP contribution in [0.1, 0.15) is 6.42 Å². The second-order valence-electron chi connectivity index (χ2n) is 5.05. The molecule has 114 valence electrons. The average molecular weight is 329 g/mol. The van der Waals surface area contributed by atoms with Crippen LogP contribution in [0.15, 0.2) is 58.3 Å². The van der Waals surface area contributed by atoms with Gasteiger partial charge in [-0.1, -0.05) is 36.0 Å². The number of anilines is 2. The number of fused-ring (bicyclic) bond motifs is 2. The van der Waals surface area contributed by atoms with Gasteiger partial charge in [0, 0.05) is 29.9 Å². The van der Waals surface area contributed by atoms with E-state index < -0.39 is 0 Å². The summed E-state index contributed by atoms with van der Waals surface area (Å²) in [6.07, 6.45) is 1.02. The van der Waals surface area contributed by atoms with Gasteiger partial charge in [0.2, 0.25) is 0 Å². The van der Waals surface area contributed by atoms with Crippen molar-refractivity contribution >= 4 is 40.5 Å². The molecule has 3 rings (SSSR count). The van der Waals surface area contributed by atoms with Crippen LogP contribution in [0, 0.1) is 0 Å². The molecule has 0 bridgehead atoms. The molecular formula is C17H19N3S2. The van der Waals surface area contributed by atoms with E-state index in [4.69, 9.17) is 12.2 Å². The van der Waals surface area contributed by atoms with Gasteiger partial charge in [-0.15, -0.1) is 0 Å². The van der Waals surface area contributed by atoms with E-state index in [0.29, 0.717) is 5.11 Å². The molecule has 1 heterocycles. The fraction of sp³-hybridized carbons (Fsp3) is 0.235. The van der Waals surface area contributed by atoms with Crippen molar-refractivity contribution in [2.24, 2.45) is 0 Å². The number of nitrogens with zero attached hydrogens (tertiary/aromatic N) is 1. The van der Waals surface area contributed by atoms with Crippen molar-refractivity contribution in [1.29, 1.82) is 0 Å². The van der Waals surface area contributed by atoms with Crippen LogP contribution in [0.25, 0.3) is 0 Å². The topological polar surface area (TPSA) is 27.3 Å². The lowest BCUT2D eigenvalue weighted by Gasteiger charge is -2.32. The maximum Gasteiger partial charge on any atom is 0.166 e. The third-order valence-electron chi connectivity index (χ3n) is 3.60. The lowest BCUT2D eigenvalue weighted by Crippen LogP contribution is -2.34. The zero-order valence-electron chi connectivity index (χ0n) is 12.5. The number of rotatable bonds is 4. The van der Waals surface area contributed by atoms with E-state index in [1.165, 1.54) is 21.2 Å². The number of benzene rings is 2. The van der Waals surface area contributed by atoms with Crippen molar-refractivity contribution in [2.45, 2.75) is 16.2 Å². The van der Waals surface area contributed by atoms with Gasteiger partial charge in [-0.25, -0.2) is 0 Å². The molecule has 0 aromatic heterocycles. The van der Waals surface area contributed by atoms with Crippen molar-refractivity contribution in [2.75, 3.05) is 25.0 Å². The summed E-state index contributed by atoms with van der Waals surface area (Å²) in [5, 5.41) is 6.85. The molecule has 3 nitrogen and oxygen atoms in total. The van der Waals surface area contributed by atoms with E-state index in [9.17, 15) is 0 Å². The lowest BCUT2D eigenvalue weighted by atomic mass is 10.2. The largest absolute Gasteiger partial charge is 0.366 e. The van der Waals surface area contributed by atoms with Crippen LogP contribution in [-0.4, -0.2) is 25.2 Å². The van der Waals surface area contributed by atoms with Gasteiger partial charge in [0.1, 0.15) is 0 Å². The number of thiocarbonyl (C=S) groups is 1. The lowest BCUT2D eigenvalue weighted by molar-refractivity contribution is 0.756. The Bertz CT molecular complexity index is 627. The van der Waals surface area contributed by atoms with Crippen LogP contribution < -0.4 is 15.5 Å². The smallest absolute Gasteiger partial charge is 0.166 e. The van der Waals surface area contributed by atoms with E-state index in [2.05, 4.69) is 64.1 Å². The molecule has 0 amide bonds. The first-order valence-electron chi connectivity index (χ1n) is 7.38. The minimum atomic E-state index is 0.704. The molecule has 0 atom stereocenters. The van der Waals surface area contributed by atoms with Crippen molar-refractivity contribution in [3.8, 4) is 0 Å². The number of hydrogen-bond donors (Lipinski definition) is 2. The SMILES string of the molecule is CNC(=S)NCCCN1c2ccccc2Sc2ccccc21. The Labute approximate surface area is 141 Å². The highest BCUT2D eigenvalue weighted by atomic mass is 32.2. The Kier molecular flexibility index (Phi) is 4.85. The highest BCUT2D eigenvalue weighted by molar-refractivity contribution is 7.99. The molecule has 22 heavy (non-hydrogen) atoms. The summed E-state index contributed by atoms with van der Waals surface area (Å²) >= 11 is 6.96. The first-order chi connectivity index (χ1) is 10.8. The summed E-state index contributed by atoms with van der Waals surface area (Å²) in [5.74, 6) is 0. The molecule has 1 aliphatic heterocycles. The molecule has 0 fully saturated rings. The second kappa shape index (κ2) is 7.03. The predicted octanol–water partition coefficient (Wildman–Crippen LogP) is 3.77. The quantitative estimate of drug-likeness (QED) is 0.658. The highest BCUT2D eigenvalue weighted by Crippen LogP contribution is 2.47. The standard InChI is InChI=1S/C17H19N3S2/c1-18-17(21)19-11-6-12-20-13-7-2-4-9-15(13)22-16-10-5-3-8-14(16)20/h2-5,7-10H,6,11-12H2,1H3,(H2,18,19,21). The molecule has 0 saturated carbocycles. The van der Waals surface area contributed by atoms with Crippen molar-refractivity contribution in [3.05, 3.63) is 48.5 Å². The maximum absolute atomic E-state index is 5.11. The minimum Gasteiger partial charge on any atom is -0.366 e. The summed E-state index contributed by atoms with van der Waals surface area (Å²) in [4.78, 5) is 5.05. The Hall–Kier alpha value is -1.72. The van der Waals surface area contributed by atoms with Crippen LogP contribution in [0.2, 0.25) is 0 Å². The summed E-state index contributed by atoms with van der Waals surface area (Å²) in [6.45, 7) is 1.83. The Morgan fingerprint density at radius 2 is 1.64 bits per heavy atom. The Morgan fingerprint density at radius 3 is 2.23 bits per heavy atom. The van der Waals surface area contributed by atoms with E-state index in [0.717, 1.165) is 19.5 Å². The molecule has 0 aliphatic carbocycles. The van der Waals surface area contributed by atoms with Gasteiger partial charge in [-0.2, -0.15) is 0 Å². The van der Waals surface area contributed by atoms with E-state index >= 15 is 0 Å². The third kappa shape index (κ3) is 3.20. The maximum atomic E-state index is 5.11. The Balaban J connectivity index is 1.76. The molecule has 2 aromatic rings. The normalized spacial score (nSPS) is 12.3. The molecule has 2 aromatic carbocycles. The van der Waals surface area contributed by atoms with Gasteiger partial charge in [0.15, 0.2) is 5.11 Å². The first-order valence-corrected chi connectivity index (χ1v) is 8.61. The van der Waals surface area contributed by atoms with Gasteiger partial charge in [0.05, 0.1) is 11.4 Å². The summed E-state index contributed by atoms with van der Waals surface area (Å²) in [6, 6.07) is 17.2. The number of hydrogen-bond acceptors (Lipinski definition) is 3. The summed E-state index contributed by atoms with van der Waals surface area (Å²) in [7, 11) is 1.84. The van der Waals surface area contributed by atoms with Crippen LogP contribution in [0.3, 0.4) is 0 Å². The molecule has 5 heteroatoms. The molecule has 0 radical (unpaired) electrons. The average Bonchev–Trinajstić information content (AvgIpc) is 2.57. The molecule has 1 aliphatic rings. The van der Waals surface area contributed by atoms with E-state index in [1.807, 2.05) is 18.8 Å². The summed E-state index contributed by atoms with van der Waals surface area (Å²) < 4.78 is 0. The van der Waals surface area contributed by atoms with E-state index in [-0.39, 0.29) is 0 Å². The van der Waals surface area contributed by atoms with Gasteiger partial charge < -0.3 is 15.5 Å². The van der Waals surface area contributed by atoms with Crippen LogP contribution in [0.5, 0.6) is 0 Å². The second-order valence-corrected chi connectivity index (χ2v) is 6.54. The zero-order valence-corrected chi connectivity index (χ0v) is 14.1. The first kappa shape index (κ1) is 15.2. The monoisotopic (exact) mass is 329 g/mol. The molecule has 0 saturated heterocycles. The molecule has 0 unspecified atom stereocenters. The van der Waals surface area contributed by atoms with Crippen LogP contribution in [-0.2, 0) is 0 Å². The number of para-hydroxylation sites is 2. The fourth-order valence-electron chi connectivity index (χ4n) is 2.55. The van der Waals surface area contributed by atoms with Crippen molar-refractivity contribution < 1.29 is 0 Å². The molecular weight excluding hydrogens is 310 g/mol. The van der Waals surface area contributed by atoms with Crippen molar-refractivity contribution in [1.82, 2.24) is 10.6 Å². The minimum absolute atomic E-state index is 0.704. The van der Waals surface area contributed by atoms with Crippen molar-refractivity contribution in [3.63, 3.8) is 0 Å². The highest BCUT2D eigenvalue weighted by Gasteiger charge is 2.22. The zero-order chi connectivity index (χ0) is 15.4. The molecule has 2 N–H and O–H groups in total.